The van der Waals surface area contributed by atoms with Crippen molar-refractivity contribution in [3.63, 3.8) is 0 Å². The summed E-state index contributed by atoms with van der Waals surface area (Å²) in [6.45, 7) is 2.13. The van der Waals surface area contributed by atoms with Gasteiger partial charge in [0.25, 0.3) is 0 Å². The maximum Gasteiger partial charge on any atom is 0.220 e. The van der Waals surface area contributed by atoms with Crippen molar-refractivity contribution >= 4 is 5.91 Å². The van der Waals surface area contributed by atoms with Gasteiger partial charge in [0.05, 0.1) is 0 Å². The van der Waals surface area contributed by atoms with Crippen molar-refractivity contribution in [2.75, 3.05) is 0 Å². The maximum absolute atomic E-state index is 11.1. The molecule has 1 unspecified atom stereocenters. The highest BCUT2D eigenvalue weighted by Gasteiger charge is 2.12. The van der Waals surface area contributed by atoms with Gasteiger partial charge in [0.2, 0.25) is 5.91 Å². The largest absolute Gasteiger partial charge is 0.353 e. The lowest BCUT2D eigenvalue weighted by Crippen LogP contribution is -2.35. The van der Waals surface area contributed by atoms with Crippen molar-refractivity contribution in [3.05, 3.63) is 0 Å². The van der Waals surface area contributed by atoms with Crippen LogP contribution in [-0.4, -0.2) is 11.9 Å². The molecule has 11 heavy (non-hydrogen) atoms. The van der Waals surface area contributed by atoms with Crippen molar-refractivity contribution in [2.24, 2.45) is 0 Å². The Labute approximate surface area is 68.4 Å². The first-order valence-corrected chi connectivity index (χ1v) is 4.62. The highest BCUT2D eigenvalue weighted by molar-refractivity contribution is 5.76. The van der Waals surface area contributed by atoms with Crippen LogP contribution in [0.3, 0.4) is 0 Å². The molecule has 0 aromatic heterocycles. The minimum absolute atomic E-state index is 0.247. The summed E-state index contributed by atoms with van der Waals surface area (Å²) >= 11 is 0. The molecule has 1 amide bonds. The second-order valence-electron chi connectivity index (χ2n) is 3.27. The van der Waals surface area contributed by atoms with Crippen LogP contribution in [0.1, 0.15) is 45.4 Å². The molecule has 1 fully saturated rings. The van der Waals surface area contributed by atoms with E-state index in [4.69, 9.17) is 0 Å². The van der Waals surface area contributed by atoms with Gasteiger partial charge >= 0.3 is 0 Å². The van der Waals surface area contributed by atoms with E-state index in [0.29, 0.717) is 6.04 Å². The fraction of sp³-hybridized carbons (Fsp3) is 0.889. The normalized spacial score (nSPS) is 27.0. The second-order valence-corrected chi connectivity index (χ2v) is 3.27. The summed E-state index contributed by atoms with van der Waals surface area (Å²) in [6, 6.07) is 0.447. The van der Waals surface area contributed by atoms with Gasteiger partial charge in [0.15, 0.2) is 0 Å². The van der Waals surface area contributed by atoms with Crippen molar-refractivity contribution < 1.29 is 4.79 Å². The lowest BCUT2D eigenvalue weighted by molar-refractivity contribution is -0.122. The molecular formula is C9H17NO. The van der Waals surface area contributed by atoms with Crippen LogP contribution < -0.4 is 5.32 Å². The van der Waals surface area contributed by atoms with Crippen molar-refractivity contribution in [1.29, 1.82) is 0 Å². The van der Waals surface area contributed by atoms with Gasteiger partial charge in [0, 0.05) is 12.5 Å². The third-order valence-electron chi connectivity index (χ3n) is 2.31. The van der Waals surface area contributed by atoms with Crippen LogP contribution in [0.2, 0.25) is 0 Å². The average Bonchev–Trinajstić information content (AvgIpc) is 1.96. The zero-order valence-electron chi connectivity index (χ0n) is 7.23. The molecule has 0 aromatic rings. The molecule has 0 aliphatic carbocycles. The Balaban J connectivity index is 2.35. The van der Waals surface area contributed by atoms with Crippen molar-refractivity contribution in [1.82, 2.24) is 5.32 Å². The van der Waals surface area contributed by atoms with Gasteiger partial charge in [-0.3, -0.25) is 4.79 Å². The zero-order chi connectivity index (χ0) is 8.10. The standard InChI is InChI=1S/C9H17NO/c1-2-8-6-4-3-5-7-9(11)10-8/h8H,2-7H2,1H3,(H,10,11). The molecule has 64 valence electrons. The van der Waals surface area contributed by atoms with Gasteiger partial charge in [-0.25, -0.2) is 0 Å². The maximum atomic E-state index is 11.1. The molecule has 0 aromatic carbocycles. The predicted molar refractivity (Wildman–Crippen MR) is 45.3 cm³/mol. The van der Waals surface area contributed by atoms with Crippen LogP contribution in [0.15, 0.2) is 0 Å². The first kappa shape index (κ1) is 8.57. The van der Waals surface area contributed by atoms with E-state index < -0.39 is 0 Å². The smallest absolute Gasteiger partial charge is 0.220 e. The molecule has 1 aliphatic rings. The molecule has 2 nitrogen and oxygen atoms in total. The van der Waals surface area contributed by atoms with E-state index in [9.17, 15) is 4.79 Å². The van der Waals surface area contributed by atoms with Crippen LogP contribution in [-0.2, 0) is 4.79 Å². The van der Waals surface area contributed by atoms with Crippen LogP contribution in [0.4, 0.5) is 0 Å². The third-order valence-corrected chi connectivity index (χ3v) is 2.31. The Kier molecular flexibility index (Phi) is 3.40. The van der Waals surface area contributed by atoms with Gasteiger partial charge in [-0.1, -0.05) is 19.8 Å². The third kappa shape index (κ3) is 2.91. The Morgan fingerprint density at radius 2 is 2.27 bits per heavy atom. The van der Waals surface area contributed by atoms with Crippen LogP contribution in [0.5, 0.6) is 0 Å². The van der Waals surface area contributed by atoms with Crippen LogP contribution in [0, 0.1) is 0 Å². The molecule has 1 N–H and O–H groups in total. The van der Waals surface area contributed by atoms with Crippen molar-refractivity contribution in [3.8, 4) is 0 Å². The van der Waals surface area contributed by atoms with Crippen LogP contribution >= 0.6 is 0 Å². The van der Waals surface area contributed by atoms with E-state index in [1.54, 1.807) is 0 Å². The quantitative estimate of drug-likeness (QED) is 0.615. The molecule has 1 atom stereocenters. The number of carbonyl (C=O) groups excluding carboxylic acids is 1. The Morgan fingerprint density at radius 1 is 1.45 bits per heavy atom. The summed E-state index contributed by atoms with van der Waals surface area (Å²) in [4.78, 5) is 11.1. The first-order chi connectivity index (χ1) is 5.33. The lowest BCUT2D eigenvalue weighted by atomic mass is 10.0. The van der Waals surface area contributed by atoms with E-state index in [1.165, 1.54) is 19.3 Å². The zero-order valence-corrected chi connectivity index (χ0v) is 7.23. The Morgan fingerprint density at radius 3 is 3.00 bits per heavy atom. The SMILES string of the molecule is CCC1CCCCCC(=O)N1. The summed E-state index contributed by atoms with van der Waals surface area (Å²) in [7, 11) is 0. The Hall–Kier alpha value is -0.530. The van der Waals surface area contributed by atoms with E-state index in [0.717, 1.165) is 19.3 Å². The van der Waals surface area contributed by atoms with E-state index in [2.05, 4.69) is 12.2 Å². The number of carbonyl (C=O) groups is 1. The van der Waals surface area contributed by atoms with Gasteiger partial charge in [-0.05, 0) is 19.3 Å². The number of hydrogen-bond acceptors (Lipinski definition) is 1. The minimum Gasteiger partial charge on any atom is -0.353 e. The summed E-state index contributed by atoms with van der Waals surface area (Å²) in [5.74, 6) is 0.247. The van der Waals surface area contributed by atoms with E-state index >= 15 is 0 Å². The molecule has 0 radical (unpaired) electrons. The fourth-order valence-corrected chi connectivity index (χ4v) is 1.53. The number of hydrogen-bond donors (Lipinski definition) is 1. The highest BCUT2D eigenvalue weighted by atomic mass is 16.1. The molecule has 2 heteroatoms. The fourth-order valence-electron chi connectivity index (χ4n) is 1.53. The molecule has 0 spiro atoms. The summed E-state index contributed by atoms with van der Waals surface area (Å²) in [5.41, 5.74) is 0. The van der Waals surface area contributed by atoms with Gasteiger partial charge in [0.1, 0.15) is 0 Å². The molecular weight excluding hydrogens is 138 g/mol. The highest BCUT2D eigenvalue weighted by Crippen LogP contribution is 2.11. The molecule has 1 heterocycles. The van der Waals surface area contributed by atoms with E-state index in [-0.39, 0.29) is 5.91 Å². The average molecular weight is 155 g/mol. The number of amides is 1. The summed E-state index contributed by atoms with van der Waals surface area (Å²) in [6.07, 6.45) is 6.55. The first-order valence-electron chi connectivity index (χ1n) is 4.62. The van der Waals surface area contributed by atoms with E-state index in [1.807, 2.05) is 0 Å². The van der Waals surface area contributed by atoms with Gasteiger partial charge in [-0.15, -0.1) is 0 Å². The predicted octanol–water partition coefficient (Wildman–Crippen LogP) is 1.85. The van der Waals surface area contributed by atoms with Crippen molar-refractivity contribution in [2.45, 2.75) is 51.5 Å². The molecule has 1 rings (SSSR count). The molecule has 0 saturated carbocycles. The molecule has 1 aliphatic heterocycles. The number of rotatable bonds is 1. The Bertz CT molecular complexity index is 134. The molecule has 1 saturated heterocycles. The molecule has 0 bridgehead atoms. The van der Waals surface area contributed by atoms with Gasteiger partial charge < -0.3 is 5.32 Å². The topological polar surface area (TPSA) is 29.1 Å². The minimum atomic E-state index is 0.247. The van der Waals surface area contributed by atoms with Gasteiger partial charge in [-0.2, -0.15) is 0 Å². The summed E-state index contributed by atoms with van der Waals surface area (Å²) in [5, 5.41) is 3.03. The monoisotopic (exact) mass is 155 g/mol. The van der Waals surface area contributed by atoms with Crippen LogP contribution in [0.25, 0.3) is 0 Å². The lowest BCUT2D eigenvalue weighted by Gasteiger charge is -2.19. The summed E-state index contributed by atoms with van der Waals surface area (Å²) < 4.78 is 0. The second kappa shape index (κ2) is 4.37. The number of nitrogens with one attached hydrogen (secondary N) is 1.